The van der Waals surface area contributed by atoms with Crippen LogP contribution in [0.3, 0.4) is 0 Å². The number of benzene rings is 5. The van der Waals surface area contributed by atoms with Gasteiger partial charge in [-0.05, 0) is 66.3 Å². The van der Waals surface area contributed by atoms with Crippen LogP contribution in [0.5, 0.6) is 0 Å². The lowest BCUT2D eigenvalue weighted by atomic mass is 10.0. The van der Waals surface area contributed by atoms with Gasteiger partial charge < -0.3 is 11.1 Å². The van der Waals surface area contributed by atoms with Gasteiger partial charge in [-0.1, -0.05) is 115 Å². The minimum atomic E-state index is 0.832. The molecule has 0 amide bonds. The molecule has 7 rings (SSSR count). The maximum absolute atomic E-state index is 5.71. The number of nitrogen functional groups attached to an aromatic ring is 1. The average Bonchev–Trinajstić information content (AvgIpc) is 3.81. The second-order valence-electron chi connectivity index (χ2n) is 8.68. The lowest BCUT2D eigenvalue weighted by Gasteiger charge is -2.02. The quantitative estimate of drug-likeness (QED) is 0.203. The Morgan fingerprint density at radius 3 is 1.57 bits per heavy atom. The summed E-state index contributed by atoms with van der Waals surface area (Å²) in [5.41, 5.74) is 16.1. The fourth-order valence-corrected chi connectivity index (χ4v) is 3.59. The van der Waals surface area contributed by atoms with Crippen molar-refractivity contribution in [2.24, 2.45) is 0 Å². The molecular weight excluding hydrogens is 424 g/mol. The van der Waals surface area contributed by atoms with E-state index in [-0.39, 0.29) is 0 Å². The van der Waals surface area contributed by atoms with E-state index in [1.165, 1.54) is 45.6 Å². The number of para-hydroxylation sites is 2. The number of hydrogen-bond donors (Lipinski definition) is 2. The van der Waals surface area contributed by atoms with Gasteiger partial charge in [-0.3, -0.25) is 0 Å². The van der Waals surface area contributed by atoms with Crippen LogP contribution >= 0.6 is 0 Å². The maximum Gasteiger partial charge on any atom is 0.0624 e. The van der Waals surface area contributed by atoms with Gasteiger partial charge in [0.15, 0.2) is 0 Å². The lowest BCUT2D eigenvalue weighted by Crippen LogP contribution is -1.90. The molecule has 0 atom stereocenters. The Labute approximate surface area is 209 Å². The van der Waals surface area contributed by atoms with Crippen molar-refractivity contribution in [1.82, 2.24) is 0 Å². The molecule has 0 saturated heterocycles. The zero-order valence-corrected chi connectivity index (χ0v) is 20.2. The van der Waals surface area contributed by atoms with Crippen LogP contribution in [0.4, 0.5) is 17.1 Å². The van der Waals surface area contributed by atoms with E-state index >= 15 is 0 Å². The van der Waals surface area contributed by atoms with E-state index < -0.39 is 0 Å². The number of nitrogens with one attached hydrogen (secondary N) is 1. The summed E-state index contributed by atoms with van der Waals surface area (Å²) in [6.07, 6.45) is 2.19. The fraction of sp³-hybridized carbons (Fsp3) is 0.0909. The highest BCUT2D eigenvalue weighted by Crippen LogP contribution is 2.36. The predicted molar refractivity (Wildman–Crippen MR) is 150 cm³/mol. The minimum absolute atomic E-state index is 0.832. The highest BCUT2D eigenvalue weighted by molar-refractivity contribution is 5.89. The molecule has 0 saturated carbocycles. The largest absolute Gasteiger partial charge is 0.399 e. The summed E-state index contributed by atoms with van der Waals surface area (Å²) >= 11 is 0. The summed E-state index contributed by atoms with van der Waals surface area (Å²) in [4.78, 5) is 0. The second kappa shape index (κ2) is 12.2. The molecule has 0 bridgehead atoms. The van der Waals surface area contributed by atoms with Crippen molar-refractivity contribution in [3.63, 3.8) is 0 Å². The molecule has 5 aromatic carbocycles. The molecule has 2 aliphatic rings. The molecule has 5 aromatic rings. The number of nitrogens with two attached hydrogens (primary N) is 1. The molecule has 35 heavy (non-hydrogen) atoms. The molecule has 1 aliphatic carbocycles. The van der Waals surface area contributed by atoms with Crippen LogP contribution in [0.1, 0.15) is 27.8 Å². The Morgan fingerprint density at radius 2 is 1.09 bits per heavy atom. The van der Waals surface area contributed by atoms with Crippen LogP contribution in [0.25, 0.3) is 0 Å². The molecule has 3 N–H and O–H groups in total. The van der Waals surface area contributed by atoms with Crippen molar-refractivity contribution in [1.29, 1.82) is 0 Å². The molecule has 1 heterocycles. The minimum Gasteiger partial charge on any atom is -0.399 e. The smallest absolute Gasteiger partial charge is 0.0624 e. The van der Waals surface area contributed by atoms with Gasteiger partial charge in [0, 0.05) is 5.69 Å². The van der Waals surface area contributed by atoms with Gasteiger partial charge in [0.1, 0.15) is 0 Å². The molecule has 0 unspecified atom stereocenters. The van der Waals surface area contributed by atoms with Crippen LogP contribution < -0.4 is 11.1 Å². The summed E-state index contributed by atoms with van der Waals surface area (Å²) in [5, 5.41) is 3.09. The first-order valence-electron chi connectivity index (χ1n) is 12.0. The van der Waals surface area contributed by atoms with Crippen LogP contribution in [-0.4, -0.2) is 0 Å². The van der Waals surface area contributed by atoms with E-state index in [2.05, 4.69) is 91.1 Å². The Morgan fingerprint density at radius 1 is 0.571 bits per heavy atom. The van der Waals surface area contributed by atoms with Crippen molar-refractivity contribution in [2.45, 2.75) is 19.8 Å². The van der Waals surface area contributed by atoms with Gasteiger partial charge >= 0.3 is 0 Å². The number of anilines is 3. The summed E-state index contributed by atoms with van der Waals surface area (Å²) in [5.74, 6) is 0. The first kappa shape index (κ1) is 23.8. The third kappa shape index (κ3) is 8.53. The summed E-state index contributed by atoms with van der Waals surface area (Å²) < 4.78 is 0. The third-order valence-electron chi connectivity index (χ3n) is 5.65. The lowest BCUT2D eigenvalue weighted by molar-refractivity contribution is 1.19. The monoisotopic (exact) mass is 456 g/mol. The van der Waals surface area contributed by atoms with Gasteiger partial charge in [-0.2, -0.15) is 0 Å². The van der Waals surface area contributed by atoms with Gasteiger partial charge in [0.05, 0.1) is 11.4 Å². The van der Waals surface area contributed by atoms with Crippen LogP contribution in [0.2, 0.25) is 0 Å². The van der Waals surface area contributed by atoms with E-state index in [4.69, 9.17) is 5.73 Å². The number of hydrogen-bond acceptors (Lipinski definition) is 2. The van der Waals surface area contributed by atoms with Crippen molar-refractivity contribution in [3.8, 4) is 0 Å². The van der Waals surface area contributed by atoms with Gasteiger partial charge in [0.25, 0.3) is 0 Å². The van der Waals surface area contributed by atoms with Crippen molar-refractivity contribution in [3.05, 3.63) is 161 Å². The van der Waals surface area contributed by atoms with E-state index in [1.54, 1.807) is 0 Å². The number of fused-ring (bicyclic) bond motifs is 2. The van der Waals surface area contributed by atoms with Gasteiger partial charge in [-0.25, -0.2) is 0 Å². The SMILES string of the molecule is Cc1ccccc1.Nc1cccc(Cc2ccccc2)c1.c1ccc2c(c1)C2.c1ccc2c(c1)N2. The first-order chi connectivity index (χ1) is 17.2. The van der Waals surface area contributed by atoms with Crippen molar-refractivity contribution in [2.75, 3.05) is 11.1 Å². The molecule has 1 aliphatic heterocycles. The third-order valence-corrected chi connectivity index (χ3v) is 5.65. The van der Waals surface area contributed by atoms with Crippen molar-refractivity contribution < 1.29 is 0 Å². The van der Waals surface area contributed by atoms with E-state index in [0.29, 0.717) is 0 Å². The molecular formula is C33H32N2. The van der Waals surface area contributed by atoms with Gasteiger partial charge in [0.2, 0.25) is 0 Å². The molecule has 0 fully saturated rings. The van der Waals surface area contributed by atoms with Crippen LogP contribution in [-0.2, 0) is 12.8 Å². The average molecular weight is 457 g/mol. The van der Waals surface area contributed by atoms with E-state index in [0.717, 1.165) is 12.1 Å². The maximum atomic E-state index is 5.71. The molecule has 0 spiro atoms. The van der Waals surface area contributed by atoms with E-state index in [1.807, 2.05) is 54.6 Å². The number of rotatable bonds is 2. The van der Waals surface area contributed by atoms with E-state index in [9.17, 15) is 0 Å². The zero-order valence-electron chi connectivity index (χ0n) is 20.2. The summed E-state index contributed by atoms with van der Waals surface area (Å²) in [6, 6.07) is 45.4. The summed E-state index contributed by atoms with van der Waals surface area (Å²) in [7, 11) is 0. The fourth-order valence-electron chi connectivity index (χ4n) is 3.59. The molecule has 0 aromatic heterocycles. The Bertz CT molecular complexity index is 1220. The normalized spacial score (nSPS) is 10.8. The zero-order chi connectivity index (χ0) is 24.3. The Kier molecular flexibility index (Phi) is 8.34. The standard InChI is InChI=1S/C13H13N.C7H6.C7H8.C6H5N/c14-13-8-4-7-12(10-13)9-11-5-2-1-3-6-11;1-2-4-7-5-6(7)3-1;1-7-5-3-2-4-6-7;1-2-4-6-5(3-1)7-6/h1-8,10H,9,14H2;1-4H,5H2;2-6H,1H3;1-4,7H. The highest BCUT2D eigenvalue weighted by Gasteiger charge is 2.12. The van der Waals surface area contributed by atoms with Crippen molar-refractivity contribution >= 4 is 17.1 Å². The summed E-state index contributed by atoms with van der Waals surface area (Å²) in [6.45, 7) is 2.08. The Hall–Kier alpha value is -4.30. The predicted octanol–water partition coefficient (Wildman–Crippen LogP) is 8.19. The second-order valence-corrected chi connectivity index (χ2v) is 8.68. The molecule has 2 heteroatoms. The first-order valence-corrected chi connectivity index (χ1v) is 12.0. The molecule has 0 radical (unpaired) electrons. The molecule has 2 nitrogen and oxygen atoms in total. The number of aryl methyl sites for hydroxylation is 1. The Balaban J connectivity index is 0.000000117. The molecule has 174 valence electrons. The van der Waals surface area contributed by atoms with Crippen LogP contribution in [0.15, 0.2) is 133 Å². The topological polar surface area (TPSA) is 48.0 Å². The van der Waals surface area contributed by atoms with Crippen LogP contribution in [0, 0.1) is 6.92 Å². The highest BCUT2D eigenvalue weighted by atomic mass is 15.0. The van der Waals surface area contributed by atoms with Gasteiger partial charge in [-0.15, -0.1) is 0 Å².